The summed E-state index contributed by atoms with van der Waals surface area (Å²) in [7, 11) is 0. The molecule has 4 heterocycles. The van der Waals surface area contributed by atoms with Gasteiger partial charge in [-0.1, -0.05) is 185 Å². The molecule has 0 radical (unpaired) electrons. The van der Waals surface area contributed by atoms with Gasteiger partial charge in [0.25, 0.3) is 0 Å². The number of benzene rings is 10. The molecule has 4 aromatic heterocycles. The second kappa shape index (κ2) is 15.1. The highest BCUT2D eigenvalue weighted by Gasteiger charge is 2.38. The van der Waals surface area contributed by atoms with Crippen LogP contribution in [0.25, 0.3) is 138 Å². The van der Waals surface area contributed by atoms with Gasteiger partial charge in [0.15, 0.2) is 11.6 Å². The topological polar surface area (TPSA) is 69.9 Å². The van der Waals surface area contributed by atoms with Crippen molar-refractivity contribution in [3.05, 3.63) is 205 Å². The van der Waals surface area contributed by atoms with Crippen molar-refractivity contribution in [1.82, 2.24) is 19.5 Å². The van der Waals surface area contributed by atoms with E-state index in [-0.39, 0.29) is 5.41 Å². The van der Waals surface area contributed by atoms with Gasteiger partial charge in [-0.15, -0.1) is 0 Å². The number of hydrogen-bond acceptors (Lipinski definition) is 5. The Balaban J connectivity index is 0.00000227. The van der Waals surface area contributed by atoms with Gasteiger partial charge in [0.05, 0.1) is 11.0 Å². The summed E-state index contributed by atoms with van der Waals surface area (Å²) in [6.45, 7) is 8.72. The third-order valence-corrected chi connectivity index (χ3v) is 14.6. The molecule has 70 heavy (non-hydrogen) atoms. The van der Waals surface area contributed by atoms with Gasteiger partial charge in [-0.3, -0.25) is 4.57 Å². The maximum atomic E-state index is 6.47. The van der Waals surface area contributed by atoms with Crippen LogP contribution >= 0.6 is 0 Å². The molecule has 15 rings (SSSR count). The Bertz CT molecular complexity index is 4360. The summed E-state index contributed by atoms with van der Waals surface area (Å²) < 4.78 is 15.3. The van der Waals surface area contributed by atoms with E-state index >= 15 is 0 Å². The van der Waals surface area contributed by atoms with Crippen LogP contribution in [0.2, 0.25) is 0 Å². The summed E-state index contributed by atoms with van der Waals surface area (Å²) >= 11 is 0. The molecule has 1 aliphatic carbocycles. The molecule has 0 amide bonds. The molecule has 0 bridgehead atoms. The molecule has 0 saturated heterocycles. The average Bonchev–Trinajstić information content (AvgIpc) is 4.15. The lowest BCUT2D eigenvalue weighted by Crippen LogP contribution is -2.16. The molecule has 6 heteroatoms. The molecule has 0 aliphatic heterocycles. The number of para-hydroxylation sites is 3. The van der Waals surface area contributed by atoms with Crippen LogP contribution in [0.5, 0.6) is 0 Å². The van der Waals surface area contributed by atoms with Gasteiger partial charge in [0.2, 0.25) is 5.95 Å². The van der Waals surface area contributed by atoms with Crippen LogP contribution in [0.1, 0.15) is 38.8 Å². The van der Waals surface area contributed by atoms with E-state index in [2.05, 4.69) is 176 Å². The van der Waals surface area contributed by atoms with E-state index in [1.807, 2.05) is 50.2 Å². The van der Waals surface area contributed by atoms with Crippen LogP contribution in [0.4, 0.5) is 0 Å². The van der Waals surface area contributed by atoms with Crippen LogP contribution in [-0.4, -0.2) is 19.5 Å². The molecule has 0 N–H and O–H groups in total. The minimum Gasteiger partial charge on any atom is -0.456 e. The number of aromatic nitrogens is 4. The van der Waals surface area contributed by atoms with Gasteiger partial charge in [-0.25, -0.2) is 4.98 Å². The van der Waals surface area contributed by atoms with Gasteiger partial charge in [0.1, 0.15) is 22.3 Å². The van der Waals surface area contributed by atoms with Crippen molar-refractivity contribution in [1.29, 1.82) is 0 Å². The zero-order valence-corrected chi connectivity index (χ0v) is 39.1. The molecule has 0 fully saturated rings. The van der Waals surface area contributed by atoms with Crippen molar-refractivity contribution < 1.29 is 8.83 Å². The molecule has 0 spiro atoms. The van der Waals surface area contributed by atoms with Gasteiger partial charge < -0.3 is 8.83 Å². The summed E-state index contributed by atoms with van der Waals surface area (Å²) in [6, 6.07) is 68.9. The number of fused-ring (bicyclic) bond motifs is 17. The van der Waals surface area contributed by atoms with Crippen LogP contribution in [0, 0.1) is 0 Å². The van der Waals surface area contributed by atoms with E-state index in [1.54, 1.807) is 0 Å². The second-order valence-corrected chi connectivity index (χ2v) is 18.7. The third kappa shape index (κ3) is 5.65. The monoisotopic (exact) mass is 900 g/mol. The largest absolute Gasteiger partial charge is 0.456 e. The zero-order chi connectivity index (χ0) is 46.8. The average molecular weight is 901 g/mol. The molecule has 0 atom stereocenters. The lowest BCUT2D eigenvalue weighted by atomic mass is 9.78. The van der Waals surface area contributed by atoms with E-state index in [1.165, 1.54) is 44.0 Å². The predicted molar refractivity (Wildman–Crippen MR) is 289 cm³/mol. The molecule has 1 aliphatic rings. The fourth-order valence-electron chi connectivity index (χ4n) is 11.7. The third-order valence-electron chi connectivity index (χ3n) is 14.6. The smallest absolute Gasteiger partial charge is 0.238 e. The summed E-state index contributed by atoms with van der Waals surface area (Å²) in [4.78, 5) is 16.4. The van der Waals surface area contributed by atoms with Crippen LogP contribution in [0.15, 0.2) is 203 Å². The number of nitrogens with zero attached hydrogens (tertiary/aromatic N) is 4. The normalized spacial score (nSPS) is 13.0. The molecular weight excluding hydrogens is 857 g/mol. The Labute approximate surface area is 403 Å². The van der Waals surface area contributed by atoms with E-state index < -0.39 is 0 Å². The second-order valence-electron chi connectivity index (χ2n) is 18.7. The van der Waals surface area contributed by atoms with Crippen molar-refractivity contribution in [2.45, 2.75) is 33.1 Å². The maximum Gasteiger partial charge on any atom is 0.238 e. The quantitative estimate of drug-likeness (QED) is 0.165. The Hall–Kier alpha value is -8.87. The van der Waals surface area contributed by atoms with Crippen LogP contribution in [-0.2, 0) is 5.41 Å². The van der Waals surface area contributed by atoms with Crippen molar-refractivity contribution in [3.63, 3.8) is 0 Å². The van der Waals surface area contributed by atoms with Crippen molar-refractivity contribution in [2.75, 3.05) is 0 Å². The number of furan rings is 2. The standard InChI is InChI=1S/C62H38N4O2.C2H6/c1-62(2)50-26-10-7-17-39(50)45-22-13-23-46(56(45)62)48-24-14-25-49-55-44-20-5-3-15-37(44)38-16-4-6-21-47(38)58(55)66(57(48)49)61-64-59(35-29-31-42-40-18-8-11-27-51(40)67-53(42)33-35)63-60(65-61)36-30-32-43-41-19-9-12-28-52(41)68-54(43)34-36;1-2/h3-34H,1-2H3;1-2H3. The van der Waals surface area contributed by atoms with E-state index in [0.717, 1.165) is 87.8 Å². The lowest BCUT2D eigenvalue weighted by molar-refractivity contribution is 0.662. The highest BCUT2D eigenvalue weighted by atomic mass is 16.3. The molecule has 332 valence electrons. The minimum absolute atomic E-state index is 0.251. The molecule has 0 saturated carbocycles. The highest BCUT2D eigenvalue weighted by Crippen LogP contribution is 2.54. The van der Waals surface area contributed by atoms with Crippen molar-refractivity contribution in [3.8, 4) is 51.0 Å². The lowest BCUT2D eigenvalue weighted by Gasteiger charge is -2.25. The van der Waals surface area contributed by atoms with E-state index in [4.69, 9.17) is 23.8 Å². The molecular formula is C64H44N4O2. The zero-order valence-electron chi connectivity index (χ0n) is 39.1. The number of rotatable bonds is 4. The van der Waals surface area contributed by atoms with Crippen LogP contribution < -0.4 is 0 Å². The van der Waals surface area contributed by atoms with E-state index in [0.29, 0.717) is 17.6 Å². The van der Waals surface area contributed by atoms with Gasteiger partial charge in [-0.2, -0.15) is 9.97 Å². The fraction of sp³-hybridized carbons (Fsp3) is 0.0781. The van der Waals surface area contributed by atoms with Crippen molar-refractivity contribution >= 4 is 87.2 Å². The first kappa shape index (κ1) is 40.2. The summed E-state index contributed by atoms with van der Waals surface area (Å²) in [5.41, 5.74) is 14.2. The summed E-state index contributed by atoms with van der Waals surface area (Å²) in [5, 5.41) is 11.2. The van der Waals surface area contributed by atoms with E-state index in [9.17, 15) is 0 Å². The Kier molecular flexibility index (Phi) is 8.66. The fourth-order valence-corrected chi connectivity index (χ4v) is 11.7. The highest BCUT2D eigenvalue weighted by molar-refractivity contribution is 6.33. The molecule has 6 nitrogen and oxygen atoms in total. The van der Waals surface area contributed by atoms with Gasteiger partial charge >= 0.3 is 0 Å². The maximum absolute atomic E-state index is 6.47. The Morgan fingerprint density at radius 1 is 0.371 bits per heavy atom. The first-order chi connectivity index (χ1) is 34.5. The van der Waals surface area contributed by atoms with Crippen LogP contribution in [0.3, 0.4) is 0 Å². The first-order valence-electron chi connectivity index (χ1n) is 24.2. The molecule has 0 unspecified atom stereocenters. The SMILES string of the molecule is CC.CC1(C)c2ccccc2-c2cccc(-c3cccc4c5c6ccccc6c6ccccc6c5n(-c5nc(-c6ccc7c(c6)oc6ccccc67)nc(-c6ccc7c(c6)oc6ccccc67)n5)c34)c21. The Morgan fingerprint density at radius 2 is 0.829 bits per heavy atom. The molecule has 14 aromatic rings. The van der Waals surface area contributed by atoms with Gasteiger partial charge in [0, 0.05) is 59.8 Å². The Morgan fingerprint density at radius 3 is 1.47 bits per heavy atom. The first-order valence-corrected chi connectivity index (χ1v) is 24.2. The van der Waals surface area contributed by atoms with Crippen molar-refractivity contribution in [2.24, 2.45) is 0 Å². The number of hydrogen-bond donors (Lipinski definition) is 0. The summed E-state index contributed by atoms with van der Waals surface area (Å²) in [5.74, 6) is 1.58. The van der Waals surface area contributed by atoms with Gasteiger partial charge in [-0.05, 0) is 80.4 Å². The summed E-state index contributed by atoms with van der Waals surface area (Å²) in [6.07, 6.45) is 0. The predicted octanol–water partition coefficient (Wildman–Crippen LogP) is 17.4. The molecule has 10 aromatic carbocycles. The minimum atomic E-state index is -0.251.